The molecule has 42 heavy (non-hydrogen) atoms. The van der Waals surface area contributed by atoms with Crippen LogP contribution in [0.3, 0.4) is 0 Å². The molecule has 0 amide bonds. The lowest BCUT2D eigenvalue weighted by Gasteiger charge is -2.45. The van der Waals surface area contributed by atoms with Crippen molar-refractivity contribution in [3.05, 3.63) is 65.7 Å². The van der Waals surface area contributed by atoms with Gasteiger partial charge in [-0.1, -0.05) is 24.3 Å². The third kappa shape index (κ3) is 8.04. The highest BCUT2D eigenvalue weighted by Crippen LogP contribution is 2.30. The smallest absolute Gasteiger partial charge is 0.330 e. The number of benzene rings is 2. The van der Waals surface area contributed by atoms with Crippen LogP contribution in [0.15, 0.2) is 54.6 Å². The second-order valence-corrected chi connectivity index (χ2v) is 10.1. The highest BCUT2D eigenvalue weighted by Gasteiger charge is 2.50. The Labute approximate surface area is 241 Å². The molecule has 0 saturated carbocycles. The number of aliphatic hydroxyl groups is 5. The predicted octanol–water partition coefficient (Wildman–Crippen LogP) is -0.427. The standard InChI is InChI=1S/C29H36O13/c1-15-22(33)24(35)25(36)29(40-15)42-27-23(34)20(14-39-21(32)11-6-16-2-7-18(30)8-3-16)41-28(26(27)37)38-13-12-17-4-9-19(31)10-5-17/h2-11,15,20,22-31,33-37H,12-14H2,1H3/b11-6-/t15-,20+,22-,23+,24+,25+,26+,27-,28+,29+/m0/s1. The van der Waals surface area contributed by atoms with Gasteiger partial charge in [0.25, 0.3) is 0 Å². The molecule has 2 fully saturated rings. The average Bonchev–Trinajstić information content (AvgIpc) is 2.97. The van der Waals surface area contributed by atoms with Crippen LogP contribution in [-0.2, 0) is 34.9 Å². The first-order valence-corrected chi connectivity index (χ1v) is 13.4. The zero-order chi connectivity index (χ0) is 30.4. The van der Waals surface area contributed by atoms with Crippen molar-refractivity contribution in [2.75, 3.05) is 13.2 Å². The minimum absolute atomic E-state index is 0.0572. The number of aromatic hydroxyl groups is 2. The highest BCUT2D eigenvalue weighted by molar-refractivity contribution is 5.87. The SMILES string of the molecule is C[C@@H]1O[C@H](O[C@@H]2[C@@H](O)[C@H](OCCc3ccc(O)cc3)O[C@H](COC(=O)/C=C\c3ccc(O)cc3)[C@H]2O)[C@H](O)[C@H](O)[C@H]1O. The maximum Gasteiger partial charge on any atom is 0.330 e. The quantitative estimate of drug-likeness (QED) is 0.138. The van der Waals surface area contributed by atoms with Crippen LogP contribution >= 0.6 is 0 Å². The van der Waals surface area contributed by atoms with Gasteiger partial charge in [0.2, 0.25) is 0 Å². The summed E-state index contributed by atoms with van der Waals surface area (Å²) in [6.45, 7) is 1.05. The average molecular weight is 593 g/mol. The Bertz CT molecular complexity index is 1170. The summed E-state index contributed by atoms with van der Waals surface area (Å²) in [5.74, 6) is -0.582. The van der Waals surface area contributed by atoms with Crippen molar-refractivity contribution in [2.24, 2.45) is 0 Å². The Balaban J connectivity index is 1.43. The van der Waals surface area contributed by atoms with Gasteiger partial charge in [0.1, 0.15) is 60.8 Å². The predicted molar refractivity (Wildman–Crippen MR) is 144 cm³/mol. The van der Waals surface area contributed by atoms with Gasteiger partial charge in [0.05, 0.1) is 12.7 Å². The van der Waals surface area contributed by atoms with Crippen molar-refractivity contribution in [3.63, 3.8) is 0 Å². The fourth-order valence-electron chi connectivity index (χ4n) is 4.54. The van der Waals surface area contributed by atoms with E-state index in [-0.39, 0.29) is 18.1 Å². The highest BCUT2D eigenvalue weighted by atomic mass is 16.7. The number of aliphatic hydroxyl groups excluding tert-OH is 5. The van der Waals surface area contributed by atoms with Gasteiger partial charge < -0.3 is 59.4 Å². The molecule has 2 aliphatic heterocycles. The van der Waals surface area contributed by atoms with E-state index in [1.807, 2.05) is 0 Å². The Kier molecular flexibility index (Phi) is 10.9. The van der Waals surface area contributed by atoms with Crippen LogP contribution in [-0.4, -0.2) is 116 Å². The lowest BCUT2D eigenvalue weighted by molar-refractivity contribution is -0.357. The second kappa shape index (κ2) is 14.4. The summed E-state index contributed by atoms with van der Waals surface area (Å²) >= 11 is 0. The molecule has 13 heteroatoms. The molecule has 0 aliphatic carbocycles. The molecule has 0 radical (unpaired) electrons. The maximum atomic E-state index is 12.3. The molecule has 2 aliphatic rings. The molecule has 10 atom stereocenters. The van der Waals surface area contributed by atoms with Crippen molar-refractivity contribution in [1.82, 2.24) is 0 Å². The van der Waals surface area contributed by atoms with Gasteiger partial charge in [-0.3, -0.25) is 0 Å². The molecule has 230 valence electrons. The Morgan fingerprint density at radius 3 is 2.12 bits per heavy atom. The van der Waals surface area contributed by atoms with Gasteiger partial charge in [-0.25, -0.2) is 4.79 Å². The molecular weight excluding hydrogens is 556 g/mol. The summed E-state index contributed by atoms with van der Waals surface area (Å²) in [7, 11) is 0. The molecule has 0 bridgehead atoms. The fraction of sp³-hybridized carbons (Fsp3) is 0.483. The summed E-state index contributed by atoms with van der Waals surface area (Å²) in [6.07, 6.45) is -11.4. The zero-order valence-electron chi connectivity index (χ0n) is 22.7. The lowest BCUT2D eigenvalue weighted by atomic mass is 9.97. The zero-order valence-corrected chi connectivity index (χ0v) is 22.7. The lowest BCUT2D eigenvalue weighted by Crippen LogP contribution is -2.64. The summed E-state index contributed by atoms with van der Waals surface area (Å²) in [6, 6.07) is 12.5. The van der Waals surface area contributed by atoms with Crippen molar-refractivity contribution in [2.45, 2.75) is 74.8 Å². The summed E-state index contributed by atoms with van der Waals surface area (Å²) in [5, 5.41) is 71.4. The van der Waals surface area contributed by atoms with Gasteiger partial charge in [-0.05, 0) is 54.8 Å². The number of hydrogen-bond donors (Lipinski definition) is 7. The van der Waals surface area contributed by atoms with E-state index >= 15 is 0 Å². The minimum Gasteiger partial charge on any atom is -0.508 e. The van der Waals surface area contributed by atoms with E-state index in [4.69, 9.17) is 23.7 Å². The molecule has 13 nitrogen and oxygen atoms in total. The molecular formula is C29H36O13. The van der Waals surface area contributed by atoms with Crippen LogP contribution in [0.2, 0.25) is 0 Å². The Hall–Kier alpha value is -3.11. The van der Waals surface area contributed by atoms with Gasteiger partial charge in [-0.15, -0.1) is 0 Å². The van der Waals surface area contributed by atoms with Gasteiger partial charge in [0, 0.05) is 6.08 Å². The van der Waals surface area contributed by atoms with Crippen molar-refractivity contribution >= 4 is 12.0 Å². The third-order valence-corrected chi connectivity index (χ3v) is 7.05. The van der Waals surface area contributed by atoms with E-state index < -0.39 is 74.0 Å². The van der Waals surface area contributed by atoms with Crippen LogP contribution in [0.4, 0.5) is 0 Å². The first kappa shape index (κ1) is 31.8. The van der Waals surface area contributed by atoms with Crippen LogP contribution in [0.1, 0.15) is 18.1 Å². The summed E-state index contributed by atoms with van der Waals surface area (Å²) in [5.41, 5.74) is 1.46. The van der Waals surface area contributed by atoms with E-state index in [2.05, 4.69) is 0 Å². The molecule has 0 spiro atoms. The van der Waals surface area contributed by atoms with E-state index in [0.717, 1.165) is 11.6 Å². The largest absolute Gasteiger partial charge is 0.508 e. The molecule has 2 saturated heterocycles. The number of esters is 1. The maximum absolute atomic E-state index is 12.3. The minimum atomic E-state index is -1.70. The normalized spacial score (nSPS) is 33.5. The van der Waals surface area contributed by atoms with Crippen LogP contribution < -0.4 is 0 Å². The first-order valence-electron chi connectivity index (χ1n) is 13.4. The van der Waals surface area contributed by atoms with Crippen LogP contribution in [0, 0.1) is 0 Å². The van der Waals surface area contributed by atoms with Crippen molar-refractivity contribution < 1.29 is 64.2 Å². The number of ether oxygens (including phenoxy) is 5. The van der Waals surface area contributed by atoms with E-state index in [0.29, 0.717) is 12.0 Å². The van der Waals surface area contributed by atoms with Crippen LogP contribution in [0.25, 0.3) is 6.08 Å². The van der Waals surface area contributed by atoms with Crippen LogP contribution in [0.5, 0.6) is 11.5 Å². The van der Waals surface area contributed by atoms with Crippen molar-refractivity contribution in [1.29, 1.82) is 0 Å². The topological polar surface area (TPSA) is 205 Å². The molecule has 2 aromatic carbocycles. The van der Waals surface area contributed by atoms with Crippen molar-refractivity contribution in [3.8, 4) is 11.5 Å². The molecule has 7 N–H and O–H groups in total. The van der Waals surface area contributed by atoms with E-state index in [1.54, 1.807) is 24.3 Å². The fourth-order valence-corrected chi connectivity index (χ4v) is 4.54. The molecule has 2 heterocycles. The molecule has 2 aromatic rings. The molecule has 4 rings (SSSR count). The number of phenols is 2. The molecule has 0 aromatic heterocycles. The first-order chi connectivity index (χ1) is 20.0. The second-order valence-electron chi connectivity index (χ2n) is 10.1. The number of phenolic OH excluding ortho intramolecular Hbond substituents is 2. The number of rotatable bonds is 10. The number of hydrogen-bond acceptors (Lipinski definition) is 13. The van der Waals surface area contributed by atoms with Gasteiger partial charge in [-0.2, -0.15) is 0 Å². The Morgan fingerprint density at radius 1 is 0.810 bits per heavy atom. The third-order valence-electron chi connectivity index (χ3n) is 7.05. The van der Waals surface area contributed by atoms with E-state index in [1.165, 1.54) is 37.3 Å². The van der Waals surface area contributed by atoms with Gasteiger partial charge >= 0.3 is 5.97 Å². The summed E-state index contributed by atoms with van der Waals surface area (Å²) < 4.78 is 27.9. The Morgan fingerprint density at radius 2 is 1.45 bits per heavy atom. The summed E-state index contributed by atoms with van der Waals surface area (Å²) in [4.78, 5) is 12.3. The number of carbonyl (C=O) groups excluding carboxylic acids is 1. The molecule has 0 unspecified atom stereocenters. The monoisotopic (exact) mass is 592 g/mol. The van der Waals surface area contributed by atoms with E-state index in [9.17, 15) is 40.5 Å². The van der Waals surface area contributed by atoms with Gasteiger partial charge in [0.15, 0.2) is 12.6 Å². The number of carbonyl (C=O) groups is 1.